The van der Waals surface area contributed by atoms with Gasteiger partial charge in [-0.2, -0.15) is 0 Å². The first-order valence-corrected chi connectivity index (χ1v) is 10.4. The molecule has 0 amide bonds. The third-order valence-electron chi connectivity index (χ3n) is 6.45. The first-order valence-electron chi connectivity index (χ1n) is 10.4. The highest BCUT2D eigenvalue weighted by atomic mass is 16.5. The molecule has 0 N–H and O–H groups in total. The Kier molecular flexibility index (Phi) is 5.22. The summed E-state index contributed by atoms with van der Waals surface area (Å²) < 4.78 is 18.8. The van der Waals surface area contributed by atoms with Gasteiger partial charge in [0.1, 0.15) is 0 Å². The lowest BCUT2D eigenvalue weighted by molar-refractivity contribution is 0.0447. The zero-order valence-electron chi connectivity index (χ0n) is 18.3. The number of benzene rings is 1. The largest absolute Gasteiger partial charge is 0.493 e. The number of rotatable bonds is 7. The SMILES string of the molecule is COCCCOc1cc2c(cc1OC)-c1cc(=O)c(C(C)=O)cn1[C@H]1[C@@H]2CC1(C)C. The molecule has 1 aliphatic carbocycles. The number of fused-ring (bicyclic) bond motifs is 6. The van der Waals surface area contributed by atoms with Crippen LogP contribution >= 0.6 is 0 Å². The molecule has 0 saturated heterocycles. The molecule has 2 aliphatic rings. The van der Waals surface area contributed by atoms with E-state index in [2.05, 4.69) is 24.5 Å². The standard InChI is InChI=1S/C24H29NO5/c1-14(26)18-13-25-19(11-20(18)27)16-10-21(29-5)22(30-8-6-7-28-4)9-15(16)17-12-24(2,3)23(17)25/h9-11,13,17,23H,6-8,12H2,1-5H3/t17-,23+/m1/s1. The molecule has 2 heterocycles. The number of hydrogen-bond donors (Lipinski definition) is 0. The van der Waals surface area contributed by atoms with Crippen molar-refractivity contribution in [3.05, 3.63) is 45.7 Å². The molecule has 6 nitrogen and oxygen atoms in total. The van der Waals surface area contributed by atoms with E-state index in [1.54, 1.807) is 26.5 Å². The Morgan fingerprint density at radius 3 is 2.57 bits per heavy atom. The Balaban J connectivity index is 1.85. The van der Waals surface area contributed by atoms with Crippen LogP contribution < -0.4 is 14.9 Å². The number of carbonyl (C=O) groups is 1. The predicted octanol–water partition coefficient (Wildman–Crippen LogP) is 4.21. The van der Waals surface area contributed by atoms with Crippen molar-refractivity contribution in [3.8, 4) is 22.8 Å². The third kappa shape index (κ3) is 3.23. The highest BCUT2D eigenvalue weighted by Gasteiger charge is 2.52. The fourth-order valence-electron chi connectivity index (χ4n) is 5.06. The number of nitrogens with zero attached hydrogens (tertiary/aromatic N) is 1. The van der Waals surface area contributed by atoms with Crippen molar-refractivity contribution in [3.63, 3.8) is 0 Å². The smallest absolute Gasteiger partial charge is 0.192 e. The van der Waals surface area contributed by atoms with Crippen LogP contribution in [0.15, 0.2) is 29.2 Å². The number of aromatic nitrogens is 1. The van der Waals surface area contributed by atoms with Crippen molar-refractivity contribution < 1.29 is 19.0 Å². The number of ether oxygens (including phenoxy) is 3. The van der Waals surface area contributed by atoms with Crippen LogP contribution in [0.5, 0.6) is 11.5 Å². The molecule has 0 bridgehead atoms. The molecule has 0 radical (unpaired) electrons. The van der Waals surface area contributed by atoms with Crippen molar-refractivity contribution in [1.29, 1.82) is 0 Å². The Bertz CT molecular complexity index is 1050. The molecule has 1 aromatic carbocycles. The second kappa shape index (κ2) is 7.58. The van der Waals surface area contributed by atoms with E-state index in [1.165, 1.54) is 12.5 Å². The zero-order valence-corrected chi connectivity index (χ0v) is 18.3. The maximum Gasteiger partial charge on any atom is 0.192 e. The summed E-state index contributed by atoms with van der Waals surface area (Å²) in [5.41, 5.74) is 3.05. The summed E-state index contributed by atoms with van der Waals surface area (Å²) in [5.74, 6) is 1.45. The van der Waals surface area contributed by atoms with Gasteiger partial charge < -0.3 is 18.8 Å². The van der Waals surface area contributed by atoms with Crippen LogP contribution in [0.4, 0.5) is 0 Å². The molecule has 2 atom stereocenters. The molecular weight excluding hydrogens is 382 g/mol. The lowest BCUT2D eigenvalue weighted by atomic mass is 9.55. The number of methoxy groups -OCH3 is 2. The quantitative estimate of drug-likeness (QED) is 0.504. The Labute approximate surface area is 176 Å². The molecular formula is C24H29NO5. The normalized spacial score (nSPS) is 20.4. The Hall–Kier alpha value is -2.60. The monoisotopic (exact) mass is 411 g/mol. The molecule has 6 heteroatoms. The number of ketones is 1. The first-order chi connectivity index (χ1) is 14.3. The number of pyridine rings is 1. The molecule has 1 fully saturated rings. The van der Waals surface area contributed by atoms with E-state index in [1.807, 2.05) is 6.07 Å². The van der Waals surface area contributed by atoms with Crippen molar-refractivity contribution in [2.75, 3.05) is 27.4 Å². The fraction of sp³-hybridized carbons (Fsp3) is 0.500. The molecule has 1 aromatic heterocycles. The van der Waals surface area contributed by atoms with Crippen molar-refractivity contribution in [2.45, 2.75) is 45.6 Å². The van der Waals surface area contributed by atoms with Gasteiger partial charge in [0.2, 0.25) is 0 Å². The Morgan fingerprint density at radius 2 is 1.93 bits per heavy atom. The number of carbonyl (C=O) groups excluding carboxylic acids is 1. The minimum absolute atomic E-state index is 0.0691. The molecule has 2 aromatic rings. The van der Waals surface area contributed by atoms with Gasteiger partial charge in [0.15, 0.2) is 22.7 Å². The van der Waals surface area contributed by atoms with Gasteiger partial charge in [-0.3, -0.25) is 9.59 Å². The van der Waals surface area contributed by atoms with Crippen LogP contribution in [0, 0.1) is 5.41 Å². The van der Waals surface area contributed by atoms with E-state index >= 15 is 0 Å². The molecule has 4 rings (SSSR count). The fourth-order valence-corrected chi connectivity index (χ4v) is 5.06. The second-order valence-corrected chi connectivity index (χ2v) is 8.93. The van der Waals surface area contributed by atoms with Crippen LogP contribution in [0.2, 0.25) is 0 Å². The van der Waals surface area contributed by atoms with Crippen molar-refractivity contribution in [1.82, 2.24) is 4.57 Å². The summed E-state index contributed by atoms with van der Waals surface area (Å²) in [6.07, 6.45) is 3.58. The highest BCUT2D eigenvalue weighted by Crippen LogP contribution is 2.63. The lowest BCUT2D eigenvalue weighted by Crippen LogP contribution is -2.46. The van der Waals surface area contributed by atoms with Gasteiger partial charge in [-0.25, -0.2) is 0 Å². The minimum atomic E-state index is -0.242. The molecule has 0 spiro atoms. The summed E-state index contributed by atoms with van der Waals surface area (Å²) in [6.45, 7) is 7.10. The van der Waals surface area contributed by atoms with Gasteiger partial charge in [0.25, 0.3) is 0 Å². The third-order valence-corrected chi connectivity index (χ3v) is 6.45. The number of Topliss-reactive ketones (excluding diaryl/α,β-unsaturated/α-hetero) is 1. The van der Waals surface area contributed by atoms with Gasteiger partial charge in [0.05, 0.1) is 25.0 Å². The van der Waals surface area contributed by atoms with Gasteiger partial charge in [-0.1, -0.05) is 13.8 Å². The highest BCUT2D eigenvalue weighted by molar-refractivity contribution is 5.94. The molecule has 1 aliphatic heterocycles. The van der Waals surface area contributed by atoms with Gasteiger partial charge in [0, 0.05) is 49.9 Å². The minimum Gasteiger partial charge on any atom is -0.493 e. The summed E-state index contributed by atoms with van der Waals surface area (Å²) in [4.78, 5) is 24.6. The second-order valence-electron chi connectivity index (χ2n) is 8.93. The average molecular weight is 411 g/mol. The summed E-state index contributed by atoms with van der Waals surface area (Å²) in [7, 11) is 3.29. The van der Waals surface area contributed by atoms with Crippen molar-refractivity contribution >= 4 is 5.78 Å². The maximum atomic E-state index is 12.6. The molecule has 160 valence electrons. The van der Waals surface area contributed by atoms with Crippen LogP contribution in [-0.4, -0.2) is 37.8 Å². The van der Waals surface area contributed by atoms with E-state index in [4.69, 9.17) is 14.2 Å². The van der Waals surface area contributed by atoms with Crippen LogP contribution in [0.1, 0.15) is 61.5 Å². The average Bonchev–Trinajstić information content (AvgIpc) is 2.69. The molecule has 30 heavy (non-hydrogen) atoms. The summed E-state index contributed by atoms with van der Waals surface area (Å²) in [5, 5.41) is 0. The number of hydrogen-bond acceptors (Lipinski definition) is 5. The molecule has 0 unspecified atom stereocenters. The van der Waals surface area contributed by atoms with E-state index in [9.17, 15) is 9.59 Å². The van der Waals surface area contributed by atoms with E-state index < -0.39 is 0 Å². The topological polar surface area (TPSA) is 66.8 Å². The first kappa shape index (κ1) is 20.7. The maximum absolute atomic E-state index is 12.6. The van der Waals surface area contributed by atoms with Gasteiger partial charge in [-0.15, -0.1) is 0 Å². The van der Waals surface area contributed by atoms with Crippen LogP contribution in [-0.2, 0) is 4.74 Å². The zero-order chi connectivity index (χ0) is 21.6. The Morgan fingerprint density at radius 1 is 1.17 bits per heavy atom. The van der Waals surface area contributed by atoms with Crippen LogP contribution in [0.25, 0.3) is 11.3 Å². The van der Waals surface area contributed by atoms with Crippen LogP contribution in [0.3, 0.4) is 0 Å². The van der Waals surface area contributed by atoms with E-state index in [0.29, 0.717) is 30.6 Å². The summed E-state index contributed by atoms with van der Waals surface area (Å²) in [6, 6.07) is 5.81. The summed E-state index contributed by atoms with van der Waals surface area (Å²) >= 11 is 0. The van der Waals surface area contributed by atoms with Gasteiger partial charge >= 0.3 is 0 Å². The van der Waals surface area contributed by atoms with Gasteiger partial charge in [-0.05, 0) is 36.5 Å². The van der Waals surface area contributed by atoms with E-state index in [-0.39, 0.29) is 28.2 Å². The van der Waals surface area contributed by atoms with E-state index in [0.717, 1.165) is 24.1 Å². The molecule has 1 saturated carbocycles. The lowest BCUT2D eigenvalue weighted by Gasteiger charge is -2.56. The predicted molar refractivity (Wildman–Crippen MR) is 115 cm³/mol. The van der Waals surface area contributed by atoms with Crippen molar-refractivity contribution in [2.24, 2.45) is 5.41 Å².